The number of nitro benzene ring substituents is 1. The number of pyridine rings is 1. The lowest BCUT2D eigenvalue weighted by molar-refractivity contribution is -0.384. The van der Waals surface area contributed by atoms with Gasteiger partial charge in [-0.25, -0.2) is 4.98 Å². The molecule has 0 spiro atoms. The van der Waals surface area contributed by atoms with E-state index in [0.29, 0.717) is 22.3 Å². The third-order valence-electron chi connectivity index (χ3n) is 4.95. The van der Waals surface area contributed by atoms with Crippen LogP contribution in [0.3, 0.4) is 0 Å². The Hall–Kier alpha value is -3.67. The van der Waals surface area contributed by atoms with Crippen molar-refractivity contribution >= 4 is 28.1 Å². The standard InChI is InChI=1S/C19H19N7O2/c1-24-12-16(10-21-24)25-6-2-3-14(11-25)22-19-7-13(9-20)17-8-15(26(27)28)4-5-18(17)23-19/h4-5,7-8,10,12,14H,2-3,6,11H2,1H3,(H,22,23). The van der Waals surface area contributed by atoms with Gasteiger partial charge in [-0.15, -0.1) is 0 Å². The van der Waals surface area contributed by atoms with E-state index in [4.69, 9.17) is 0 Å². The molecule has 1 unspecified atom stereocenters. The molecule has 0 aliphatic carbocycles. The van der Waals surface area contributed by atoms with Gasteiger partial charge in [-0.3, -0.25) is 14.8 Å². The summed E-state index contributed by atoms with van der Waals surface area (Å²) in [5.41, 5.74) is 1.97. The van der Waals surface area contributed by atoms with Crippen LogP contribution < -0.4 is 10.2 Å². The summed E-state index contributed by atoms with van der Waals surface area (Å²) < 4.78 is 1.79. The number of aryl methyl sites for hydroxylation is 1. The number of aromatic nitrogens is 3. The van der Waals surface area contributed by atoms with Crippen molar-refractivity contribution in [3.8, 4) is 6.07 Å². The molecule has 1 N–H and O–H groups in total. The Balaban J connectivity index is 1.58. The smallest absolute Gasteiger partial charge is 0.270 e. The number of nitrogens with one attached hydrogen (secondary N) is 1. The van der Waals surface area contributed by atoms with E-state index in [2.05, 4.69) is 26.4 Å². The molecule has 0 saturated carbocycles. The predicted octanol–water partition coefficient (Wildman–Crippen LogP) is 2.83. The Morgan fingerprint density at radius 3 is 2.96 bits per heavy atom. The Bertz CT molecular complexity index is 1090. The molecule has 0 radical (unpaired) electrons. The summed E-state index contributed by atoms with van der Waals surface area (Å²) in [5, 5.41) is 28.6. The van der Waals surface area contributed by atoms with Crippen LogP contribution >= 0.6 is 0 Å². The number of benzene rings is 1. The fraction of sp³-hybridized carbons (Fsp3) is 0.316. The summed E-state index contributed by atoms with van der Waals surface area (Å²) in [5.74, 6) is 0.607. The summed E-state index contributed by atoms with van der Waals surface area (Å²) in [6, 6.07) is 8.36. The van der Waals surface area contributed by atoms with Crippen LogP contribution in [0.5, 0.6) is 0 Å². The fourth-order valence-corrected chi connectivity index (χ4v) is 3.60. The fourth-order valence-electron chi connectivity index (χ4n) is 3.60. The molecular weight excluding hydrogens is 358 g/mol. The van der Waals surface area contributed by atoms with Crippen LogP contribution in [-0.4, -0.2) is 38.8 Å². The molecule has 1 aromatic carbocycles. The second-order valence-electron chi connectivity index (χ2n) is 6.93. The van der Waals surface area contributed by atoms with Crippen LogP contribution in [0.1, 0.15) is 18.4 Å². The van der Waals surface area contributed by atoms with E-state index in [1.165, 1.54) is 12.1 Å². The highest BCUT2D eigenvalue weighted by Crippen LogP contribution is 2.26. The van der Waals surface area contributed by atoms with E-state index < -0.39 is 4.92 Å². The van der Waals surface area contributed by atoms with Crippen LogP contribution in [0.25, 0.3) is 10.9 Å². The van der Waals surface area contributed by atoms with Gasteiger partial charge in [-0.1, -0.05) is 0 Å². The number of fused-ring (bicyclic) bond motifs is 1. The molecule has 0 amide bonds. The molecule has 3 heterocycles. The topological polar surface area (TPSA) is 113 Å². The van der Waals surface area contributed by atoms with Crippen molar-refractivity contribution in [3.63, 3.8) is 0 Å². The molecule has 3 aromatic rings. The molecule has 1 fully saturated rings. The van der Waals surface area contributed by atoms with Crippen molar-refractivity contribution in [1.29, 1.82) is 5.26 Å². The molecule has 2 aromatic heterocycles. The van der Waals surface area contributed by atoms with Gasteiger partial charge in [0.05, 0.1) is 34.0 Å². The zero-order chi connectivity index (χ0) is 19.7. The molecule has 28 heavy (non-hydrogen) atoms. The van der Waals surface area contributed by atoms with Crippen LogP contribution in [0.4, 0.5) is 17.2 Å². The van der Waals surface area contributed by atoms with Gasteiger partial charge in [0, 0.05) is 49.9 Å². The van der Waals surface area contributed by atoms with Gasteiger partial charge < -0.3 is 10.2 Å². The number of piperidine rings is 1. The first-order chi connectivity index (χ1) is 13.5. The largest absolute Gasteiger partial charge is 0.367 e. The van der Waals surface area contributed by atoms with Crippen LogP contribution in [0.15, 0.2) is 36.7 Å². The van der Waals surface area contributed by atoms with Gasteiger partial charge in [-0.2, -0.15) is 10.4 Å². The predicted molar refractivity (Wildman–Crippen MR) is 105 cm³/mol. The first-order valence-corrected chi connectivity index (χ1v) is 9.03. The summed E-state index contributed by atoms with van der Waals surface area (Å²) >= 11 is 0. The quantitative estimate of drug-likeness (QED) is 0.549. The minimum absolute atomic E-state index is 0.0501. The number of hydrogen-bond acceptors (Lipinski definition) is 7. The highest BCUT2D eigenvalue weighted by Gasteiger charge is 2.22. The first kappa shape index (κ1) is 17.7. The second-order valence-corrected chi connectivity index (χ2v) is 6.93. The summed E-state index contributed by atoms with van der Waals surface area (Å²) in [6.07, 6.45) is 5.89. The molecule has 1 atom stereocenters. The number of nitriles is 1. The zero-order valence-corrected chi connectivity index (χ0v) is 15.4. The number of nitrogens with zero attached hydrogens (tertiary/aromatic N) is 6. The summed E-state index contributed by atoms with van der Waals surface area (Å²) in [6.45, 7) is 1.79. The maximum atomic E-state index is 11.0. The number of rotatable bonds is 4. The van der Waals surface area contributed by atoms with Gasteiger partial charge in [0.2, 0.25) is 0 Å². The Morgan fingerprint density at radius 1 is 1.39 bits per heavy atom. The summed E-state index contributed by atoms with van der Waals surface area (Å²) in [7, 11) is 1.90. The van der Waals surface area contributed by atoms with E-state index in [1.807, 2.05) is 19.4 Å². The van der Waals surface area contributed by atoms with Crippen molar-refractivity contribution in [3.05, 3.63) is 52.3 Å². The molecule has 1 aliphatic rings. The second kappa shape index (κ2) is 7.15. The molecule has 142 valence electrons. The van der Waals surface area contributed by atoms with Crippen LogP contribution in [0, 0.1) is 21.4 Å². The highest BCUT2D eigenvalue weighted by atomic mass is 16.6. The van der Waals surface area contributed by atoms with E-state index in [-0.39, 0.29) is 11.7 Å². The molecule has 4 rings (SSSR count). The molecule has 1 saturated heterocycles. The normalized spacial score (nSPS) is 16.7. The van der Waals surface area contributed by atoms with E-state index >= 15 is 0 Å². The maximum absolute atomic E-state index is 11.0. The van der Waals surface area contributed by atoms with Gasteiger partial charge >= 0.3 is 0 Å². The minimum atomic E-state index is -0.470. The number of non-ortho nitro benzene ring substituents is 1. The highest BCUT2D eigenvalue weighted by molar-refractivity contribution is 5.88. The first-order valence-electron chi connectivity index (χ1n) is 9.03. The van der Waals surface area contributed by atoms with Crippen molar-refractivity contribution in [2.24, 2.45) is 7.05 Å². The average molecular weight is 377 g/mol. The molecular formula is C19H19N7O2. The minimum Gasteiger partial charge on any atom is -0.367 e. The SMILES string of the molecule is Cn1cc(N2CCCC(Nc3cc(C#N)c4cc([N+](=O)[O-])ccc4n3)C2)cn1. The lowest BCUT2D eigenvalue weighted by Crippen LogP contribution is -2.42. The lowest BCUT2D eigenvalue weighted by atomic mass is 10.0. The average Bonchev–Trinajstić information content (AvgIpc) is 3.13. The van der Waals surface area contributed by atoms with Crippen molar-refractivity contribution in [1.82, 2.24) is 14.8 Å². The van der Waals surface area contributed by atoms with Crippen LogP contribution in [0.2, 0.25) is 0 Å². The number of hydrogen-bond donors (Lipinski definition) is 1. The molecule has 9 nitrogen and oxygen atoms in total. The molecule has 1 aliphatic heterocycles. The number of anilines is 2. The van der Waals surface area contributed by atoms with Gasteiger partial charge in [0.15, 0.2) is 0 Å². The zero-order valence-electron chi connectivity index (χ0n) is 15.4. The van der Waals surface area contributed by atoms with Gasteiger partial charge in [0.25, 0.3) is 5.69 Å². The van der Waals surface area contributed by atoms with Crippen molar-refractivity contribution < 1.29 is 4.92 Å². The lowest BCUT2D eigenvalue weighted by Gasteiger charge is -2.34. The van der Waals surface area contributed by atoms with Gasteiger partial charge in [0.1, 0.15) is 5.82 Å². The Kier molecular flexibility index (Phi) is 4.53. The van der Waals surface area contributed by atoms with Crippen LogP contribution in [-0.2, 0) is 7.05 Å². The van der Waals surface area contributed by atoms with E-state index in [9.17, 15) is 15.4 Å². The number of nitro groups is 1. The van der Waals surface area contributed by atoms with Gasteiger partial charge in [-0.05, 0) is 25.0 Å². The maximum Gasteiger partial charge on any atom is 0.270 e. The Labute approximate surface area is 161 Å². The third-order valence-corrected chi connectivity index (χ3v) is 4.95. The Morgan fingerprint density at radius 2 is 2.25 bits per heavy atom. The third kappa shape index (κ3) is 3.44. The molecule has 9 heteroatoms. The molecule has 0 bridgehead atoms. The van der Waals surface area contributed by atoms with Crippen molar-refractivity contribution in [2.75, 3.05) is 23.3 Å². The monoisotopic (exact) mass is 377 g/mol. The van der Waals surface area contributed by atoms with Crippen molar-refractivity contribution in [2.45, 2.75) is 18.9 Å². The van der Waals surface area contributed by atoms with E-state index in [1.54, 1.807) is 16.8 Å². The van der Waals surface area contributed by atoms with E-state index in [0.717, 1.165) is 31.6 Å². The summed E-state index contributed by atoms with van der Waals surface area (Å²) in [4.78, 5) is 17.4.